The molecule has 0 saturated heterocycles. The van der Waals surface area contributed by atoms with Crippen molar-refractivity contribution in [3.05, 3.63) is 38.9 Å². The van der Waals surface area contributed by atoms with Gasteiger partial charge in [0, 0.05) is 12.0 Å². The second-order valence-electron chi connectivity index (χ2n) is 4.63. The van der Waals surface area contributed by atoms with E-state index in [0.717, 1.165) is 16.2 Å². The van der Waals surface area contributed by atoms with E-state index in [1.54, 1.807) is 11.3 Å². The molecule has 2 aromatic rings. The van der Waals surface area contributed by atoms with Gasteiger partial charge in [-0.2, -0.15) is 11.3 Å². The van der Waals surface area contributed by atoms with Crippen molar-refractivity contribution in [3.63, 3.8) is 0 Å². The Morgan fingerprint density at radius 3 is 2.94 bits per heavy atom. The van der Waals surface area contributed by atoms with Crippen LogP contribution in [-0.4, -0.2) is 9.97 Å². The van der Waals surface area contributed by atoms with Crippen LogP contribution in [0.3, 0.4) is 0 Å². The molecular weight excluding hydrogens is 310 g/mol. The summed E-state index contributed by atoms with van der Waals surface area (Å²) in [6.45, 7) is 2.15. The molecule has 0 aliphatic heterocycles. The van der Waals surface area contributed by atoms with Gasteiger partial charge in [-0.1, -0.05) is 0 Å². The Bertz CT molecular complexity index is 537. The first kappa shape index (κ1) is 12.1. The standard InChI is InChI=1S/C13H14BrN3S/c1-8(10-4-5-18-7-10)15-12-6-11(14)16-13(17-12)9-2-3-9/h4-9H,2-3H2,1H3,(H,15,16,17). The molecule has 1 atom stereocenters. The number of thiophene rings is 1. The Morgan fingerprint density at radius 2 is 2.28 bits per heavy atom. The lowest BCUT2D eigenvalue weighted by atomic mass is 10.2. The normalized spacial score (nSPS) is 16.6. The van der Waals surface area contributed by atoms with Gasteiger partial charge in [0.1, 0.15) is 16.2 Å². The Labute approximate surface area is 119 Å². The minimum atomic E-state index is 0.269. The van der Waals surface area contributed by atoms with E-state index in [9.17, 15) is 0 Å². The molecule has 3 rings (SSSR count). The quantitative estimate of drug-likeness (QED) is 0.850. The Hall–Kier alpha value is -0.940. The number of halogens is 1. The van der Waals surface area contributed by atoms with Gasteiger partial charge in [0.25, 0.3) is 0 Å². The summed E-state index contributed by atoms with van der Waals surface area (Å²) in [7, 11) is 0. The second kappa shape index (κ2) is 4.97. The summed E-state index contributed by atoms with van der Waals surface area (Å²) >= 11 is 5.18. The average molecular weight is 324 g/mol. The van der Waals surface area contributed by atoms with E-state index < -0.39 is 0 Å². The van der Waals surface area contributed by atoms with E-state index >= 15 is 0 Å². The van der Waals surface area contributed by atoms with Gasteiger partial charge in [0.2, 0.25) is 0 Å². The van der Waals surface area contributed by atoms with Gasteiger partial charge in [0.15, 0.2) is 0 Å². The fraction of sp³-hybridized carbons (Fsp3) is 0.385. The minimum Gasteiger partial charge on any atom is -0.363 e. The molecule has 2 heterocycles. The summed E-state index contributed by atoms with van der Waals surface area (Å²) in [6, 6.07) is 4.35. The highest BCUT2D eigenvalue weighted by Crippen LogP contribution is 2.39. The lowest BCUT2D eigenvalue weighted by Crippen LogP contribution is -2.08. The van der Waals surface area contributed by atoms with E-state index in [0.29, 0.717) is 5.92 Å². The van der Waals surface area contributed by atoms with E-state index in [2.05, 4.69) is 55.0 Å². The zero-order valence-electron chi connectivity index (χ0n) is 10.1. The molecule has 3 nitrogen and oxygen atoms in total. The van der Waals surface area contributed by atoms with E-state index in [4.69, 9.17) is 0 Å². The van der Waals surface area contributed by atoms with Crippen molar-refractivity contribution in [2.24, 2.45) is 0 Å². The van der Waals surface area contributed by atoms with Crippen molar-refractivity contribution in [2.75, 3.05) is 5.32 Å². The van der Waals surface area contributed by atoms with Gasteiger partial charge >= 0.3 is 0 Å². The van der Waals surface area contributed by atoms with Gasteiger partial charge < -0.3 is 5.32 Å². The molecule has 1 fully saturated rings. The molecule has 1 aliphatic rings. The number of nitrogens with one attached hydrogen (secondary N) is 1. The third-order valence-corrected chi connectivity index (χ3v) is 4.17. The topological polar surface area (TPSA) is 37.8 Å². The first-order valence-corrected chi connectivity index (χ1v) is 7.79. The summed E-state index contributed by atoms with van der Waals surface area (Å²) in [6.07, 6.45) is 2.44. The van der Waals surface area contributed by atoms with E-state index in [1.165, 1.54) is 18.4 Å². The Morgan fingerprint density at radius 1 is 1.44 bits per heavy atom. The number of anilines is 1. The highest BCUT2D eigenvalue weighted by atomic mass is 79.9. The third kappa shape index (κ3) is 2.72. The summed E-state index contributed by atoms with van der Waals surface area (Å²) in [5.41, 5.74) is 1.29. The van der Waals surface area contributed by atoms with Gasteiger partial charge in [-0.3, -0.25) is 0 Å². The molecule has 2 aromatic heterocycles. The van der Waals surface area contributed by atoms with Crippen LogP contribution in [0, 0.1) is 0 Å². The van der Waals surface area contributed by atoms with Crippen LogP contribution in [0.5, 0.6) is 0 Å². The number of hydrogen-bond acceptors (Lipinski definition) is 4. The van der Waals surface area contributed by atoms with Crippen LogP contribution in [0.4, 0.5) is 5.82 Å². The molecule has 0 spiro atoms. The van der Waals surface area contributed by atoms with Crippen LogP contribution in [0.2, 0.25) is 0 Å². The Balaban J connectivity index is 1.79. The number of hydrogen-bond donors (Lipinski definition) is 1. The zero-order chi connectivity index (χ0) is 12.5. The summed E-state index contributed by atoms with van der Waals surface area (Å²) in [4.78, 5) is 9.03. The monoisotopic (exact) mass is 323 g/mol. The maximum atomic E-state index is 4.60. The van der Waals surface area contributed by atoms with Gasteiger partial charge in [0.05, 0.1) is 6.04 Å². The molecule has 1 unspecified atom stereocenters. The average Bonchev–Trinajstić information content (AvgIpc) is 3.03. The maximum absolute atomic E-state index is 4.60. The smallest absolute Gasteiger partial charge is 0.135 e. The van der Waals surface area contributed by atoms with Crippen molar-refractivity contribution in [1.82, 2.24) is 9.97 Å². The molecule has 0 bridgehead atoms. The van der Waals surface area contributed by atoms with Crippen LogP contribution >= 0.6 is 27.3 Å². The fourth-order valence-electron chi connectivity index (χ4n) is 1.86. The molecule has 1 aliphatic carbocycles. The maximum Gasteiger partial charge on any atom is 0.135 e. The zero-order valence-corrected chi connectivity index (χ0v) is 12.5. The molecule has 5 heteroatoms. The van der Waals surface area contributed by atoms with Crippen LogP contribution in [-0.2, 0) is 0 Å². The van der Waals surface area contributed by atoms with Crippen molar-refractivity contribution in [1.29, 1.82) is 0 Å². The third-order valence-electron chi connectivity index (χ3n) is 3.06. The SMILES string of the molecule is CC(Nc1cc(Br)nc(C2CC2)n1)c1ccsc1. The van der Waals surface area contributed by atoms with Crippen molar-refractivity contribution >= 4 is 33.1 Å². The van der Waals surface area contributed by atoms with E-state index in [1.807, 2.05) is 6.07 Å². The highest BCUT2D eigenvalue weighted by molar-refractivity contribution is 9.10. The van der Waals surface area contributed by atoms with Crippen LogP contribution in [0.25, 0.3) is 0 Å². The second-order valence-corrected chi connectivity index (χ2v) is 6.22. The van der Waals surface area contributed by atoms with Crippen LogP contribution in [0.15, 0.2) is 27.5 Å². The van der Waals surface area contributed by atoms with Gasteiger partial charge in [-0.05, 0) is 58.1 Å². The molecule has 0 amide bonds. The number of nitrogens with zero attached hydrogens (tertiary/aromatic N) is 2. The molecule has 0 aromatic carbocycles. The Kier molecular flexibility index (Phi) is 3.35. The first-order chi connectivity index (χ1) is 8.72. The molecule has 94 valence electrons. The number of aromatic nitrogens is 2. The lowest BCUT2D eigenvalue weighted by molar-refractivity contribution is 0.854. The van der Waals surface area contributed by atoms with Crippen LogP contribution in [0.1, 0.15) is 43.1 Å². The summed E-state index contributed by atoms with van der Waals surface area (Å²) in [5.74, 6) is 2.43. The first-order valence-electron chi connectivity index (χ1n) is 6.05. The van der Waals surface area contributed by atoms with Crippen LogP contribution < -0.4 is 5.32 Å². The van der Waals surface area contributed by atoms with Gasteiger partial charge in [-0.15, -0.1) is 0 Å². The predicted octanol–water partition coefficient (Wildman–Crippen LogP) is 4.35. The van der Waals surface area contributed by atoms with Gasteiger partial charge in [-0.25, -0.2) is 9.97 Å². The van der Waals surface area contributed by atoms with Crippen molar-refractivity contribution in [2.45, 2.75) is 31.7 Å². The summed E-state index contributed by atoms with van der Waals surface area (Å²) in [5, 5.41) is 7.69. The largest absolute Gasteiger partial charge is 0.363 e. The molecule has 1 saturated carbocycles. The molecule has 18 heavy (non-hydrogen) atoms. The fourth-order valence-corrected chi connectivity index (χ4v) is 3.01. The highest BCUT2D eigenvalue weighted by Gasteiger charge is 2.27. The number of rotatable bonds is 4. The molecule has 1 N–H and O–H groups in total. The van der Waals surface area contributed by atoms with Crippen molar-refractivity contribution < 1.29 is 0 Å². The van der Waals surface area contributed by atoms with Crippen molar-refractivity contribution in [3.8, 4) is 0 Å². The molecular formula is C13H14BrN3S. The predicted molar refractivity (Wildman–Crippen MR) is 78.1 cm³/mol. The minimum absolute atomic E-state index is 0.269. The lowest BCUT2D eigenvalue weighted by Gasteiger charge is -2.14. The molecule has 0 radical (unpaired) electrons. The summed E-state index contributed by atoms with van der Waals surface area (Å²) < 4.78 is 0.861. The van der Waals surface area contributed by atoms with E-state index in [-0.39, 0.29) is 6.04 Å².